The minimum Gasteiger partial charge on any atom is -0.460 e. The molecule has 0 spiro atoms. The van der Waals surface area contributed by atoms with Gasteiger partial charge in [-0.25, -0.2) is 9.59 Å². The van der Waals surface area contributed by atoms with Crippen molar-refractivity contribution < 1.29 is 34.1 Å². The van der Waals surface area contributed by atoms with E-state index in [1.807, 2.05) is 0 Å². The third-order valence-corrected chi connectivity index (χ3v) is 3.75. The van der Waals surface area contributed by atoms with Crippen molar-refractivity contribution in [1.29, 1.82) is 0 Å². The van der Waals surface area contributed by atoms with Crippen molar-refractivity contribution in [2.45, 2.75) is 70.1 Å². The molecule has 0 saturated carbocycles. The summed E-state index contributed by atoms with van der Waals surface area (Å²) < 4.78 is 10.1. The Morgan fingerprint density at radius 3 is 2.67 bits per heavy atom. The maximum Gasteiger partial charge on any atom is 0.347 e. The predicted octanol–water partition coefficient (Wildman–Crippen LogP) is 0.0436. The van der Waals surface area contributed by atoms with Crippen LogP contribution in [0.15, 0.2) is 0 Å². The number of carbonyl (C=O) groups is 3. The van der Waals surface area contributed by atoms with Crippen LogP contribution in [-0.4, -0.2) is 59.5 Å². The van der Waals surface area contributed by atoms with Crippen LogP contribution in [0.25, 0.3) is 0 Å². The monoisotopic (exact) mass is 345 g/mol. The van der Waals surface area contributed by atoms with E-state index in [1.165, 1.54) is 0 Å². The average Bonchev–Trinajstić information content (AvgIpc) is 3.01. The highest BCUT2D eigenvalue weighted by Crippen LogP contribution is 2.14. The zero-order valence-electron chi connectivity index (χ0n) is 14.0. The van der Waals surface area contributed by atoms with Gasteiger partial charge in [0.15, 0.2) is 6.10 Å². The van der Waals surface area contributed by atoms with E-state index in [2.05, 4.69) is 12.2 Å². The highest BCUT2D eigenvalue weighted by atomic mass is 16.6. The van der Waals surface area contributed by atoms with E-state index in [0.29, 0.717) is 19.3 Å². The second-order valence-electron chi connectivity index (χ2n) is 5.90. The minimum absolute atomic E-state index is 0.218. The Kier molecular flexibility index (Phi) is 9.33. The largest absolute Gasteiger partial charge is 0.460 e. The zero-order valence-corrected chi connectivity index (χ0v) is 14.0. The van der Waals surface area contributed by atoms with Crippen LogP contribution >= 0.6 is 0 Å². The van der Waals surface area contributed by atoms with Gasteiger partial charge in [0.05, 0.1) is 6.61 Å². The van der Waals surface area contributed by atoms with Crippen molar-refractivity contribution in [3.63, 3.8) is 0 Å². The SMILES string of the molecule is CCCCCCC(OC(=O)[C@@H]1CCC(=O)N1)C(=O)OCC(O)CO. The Bertz CT molecular complexity index is 427. The molecule has 1 aliphatic rings. The summed E-state index contributed by atoms with van der Waals surface area (Å²) >= 11 is 0. The van der Waals surface area contributed by atoms with Crippen LogP contribution in [0.2, 0.25) is 0 Å². The van der Waals surface area contributed by atoms with Gasteiger partial charge in [-0.2, -0.15) is 0 Å². The van der Waals surface area contributed by atoms with E-state index >= 15 is 0 Å². The van der Waals surface area contributed by atoms with Crippen molar-refractivity contribution in [1.82, 2.24) is 5.32 Å². The number of ether oxygens (including phenoxy) is 2. The number of esters is 2. The van der Waals surface area contributed by atoms with Gasteiger partial charge in [-0.05, 0) is 19.3 Å². The molecule has 0 radical (unpaired) electrons. The smallest absolute Gasteiger partial charge is 0.347 e. The van der Waals surface area contributed by atoms with E-state index in [1.54, 1.807) is 0 Å². The Hall–Kier alpha value is -1.67. The molecule has 24 heavy (non-hydrogen) atoms. The molecule has 3 atom stereocenters. The average molecular weight is 345 g/mol. The summed E-state index contributed by atoms with van der Waals surface area (Å²) in [6, 6.07) is -0.730. The molecular formula is C16H27NO7. The number of rotatable bonds is 11. The van der Waals surface area contributed by atoms with Gasteiger partial charge < -0.3 is 25.0 Å². The maximum atomic E-state index is 12.1. The Labute approximate surface area is 141 Å². The highest BCUT2D eigenvalue weighted by molar-refractivity contribution is 5.89. The Morgan fingerprint density at radius 1 is 1.33 bits per heavy atom. The van der Waals surface area contributed by atoms with Gasteiger partial charge in [0, 0.05) is 6.42 Å². The molecule has 3 N–H and O–H groups in total. The number of aliphatic hydroxyl groups excluding tert-OH is 2. The van der Waals surface area contributed by atoms with Crippen LogP contribution < -0.4 is 5.32 Å². The molecule has 1 aliphatic heterocycles. The molecule has 2 unspecified atom stereocenters. The molecule has 138 valence electrons. The van der Waals surface area contributed by atoms with Crippen LogP contribution in [0, 0.1) is 0 Å². The van der Waals surface area contributed by atoms with Crippen molar-refractivity contribution >= 4 is 17.8 Å². The summed E-state index contributed by atoms with van der Waals surface area (Å²) in [5, 5.41) is 20.5. The molecule has 0 aliphatic carbocycles. The number of aliphatic hydroxyl groups is 2. The van der Waals surface area contributed by atoms with Gasteiger partial charge in [0.2, 0.25) is 5.91 Å². The molecule has 1 saturated heterocycles. The van der Waals surface area contributed by atoms with Gasteiger partial charge in [-0.3, -0.25) is 4.79 Å². The van der Waals surface area contributed by atoms with Gasteiger partial charge >= 0.3 is 11.9 Å². The van der Waals surface area contributed by atoms with Gasteiger partial charge in [-0.1, -0.05) is 26.2 Å². The van der Waals surface area contributed by atoms with Gasteiger partial charge in [-0.15, -0.1) is 0 Å². The summed E-state index contributed by atoms with van der Waals surface area (Å²) in [4.78, 5) is 35.3. The van der Waals surface area contributed by atoms with Crippen LogP contribution in [-0.2, 0) is 23.9 Å². The molecule has 1 heterocycles. The lowest BCUT2D eigenvalue weighted by molar-refractivity contribution is -0.171. The number of amides is 1. The molecule has 0 aromatic carbocycles. The summed E-state index contributed by atoms with van der Waals surface area (Å²) in [5.41, 5.74) is 0. The Morgan fingerprint density at radius 2 is 2.08 bits per heavy atom. The standard InChI is InChI=1S/C16H27NO7/c1-2-3-4-5-6-13(16(22)23-10-11(19)9-18)24-15(21)12-7-8-14(20)17-12/h11-13,18-19H,2-10H2,1H3,(H,17,20)/t11?,12-,13?/m0/s1. The van der Waals surface area contributed by atoms with E-state index in [4.69, 9.17) is 14.6 Å². The van der Waals surface area contributed by atoms with Gasteiger partial charge in [0.1, 0.15) is 18.8 Å². The molecule has 0 bridgehead atoms. The van der Waals surface area contributed by atoms with Crippen LogP contribution in [0.4, 0.5) is 0 Å². The lowest BCUT2D eigenvalue weighted by Crippen LogP contribution is -2.39. The summed E-state index contributed by atoms with van der Waals surface area (Å²) in [6.45, 7) is 1.17. The first-order chi connectivity index (χ1) is 11.5. The van der Waals surface area contributed by atoms with Crippen LogP contribution in [0.1, 0.15) is 51.9 Å². The quantitative estimate of drug-likeness (QED) is 0.357. The summed E-state index contributed by atoms with van der Waals surface area (Å²) in [6.07, 6.45) is 2.32. The highest BCUT2D eigenvalue weighted by Gasteiger charge is 2.32. The third-order valence-electron chi connectivity index (χ3n) is 3.75. The molecule has 8 heteroatoms. The molecule has 1 amide bonds. The molecular weight excluding hydrogens is 318 g/mol. The van der Waals surface area contributed by atoms with Crippen LogP contribution in [0.5, 0.6) is 0 Å². The van der Waals surface area contributed by atoms with E-state index < -0.39 is 36.8 Å². The third kappa shape index (κ3) is 7.27. The number of hydrogen-bond acceptors (Lipinski definition) is 7. The fourth-order valence-corrected chi connectivity index (χ4v) is 2.32. The number of unbranched alkanes of at least 4 members (excludes halogenated alkanes) is 3. The van der Waals surface area contributed by atoms with Crippen molar-refractivity contribution in [3.05, 3.63) is 0 Å². The topological polar surface area (TPSA) is 122 Å². The fraction of sp³-hybridized carbons (Fsp3) is 0.812. The lowest BCUT2D eigenvalue weighted by Gasteiger charge is -2.19. The summed E-state index contributed by atoms with van der Waals surface area (Å²) in [7, 11) is 0. The molecule has 0 aromatic rings. The van der Waals surface area contributed by atoms with Gasteiger partial charge in [0.25, 0.3) is 0 Å². The Balaban J connectivity index is 2.53. The number of hydrogen-bond donors (Lipinski definition) is 3. The van der Waals surface area contributed by atoms with E-state index in [9.17, 15) is 19.5 Å². The normalized spacial score (nSPS) is 19.5. The maximum absolute atomic E-state index is 12.1. The second-order valence-corrected chi connectivity index (χ2v) is 5.90. The van der Waals surface area contributed by atoms with Crippen molar-refractivity contribution in [2.24, 2.45) is 0 Å². The second kappa shape index (κ2) is 11.0. The first-order valence-corrected chi connectivity index (χ1v) is 8.43. The van der Waals surface area contributed by atoms with Crippen LogP contribution in [0.3, 0.4) is 0 Å². The first kappa shape index (κ1) is 20.4. The molecule has 1 fully saturated rings. The summed E-state index contributed by atoms with van der Waals surface area (Å²) in [5.74, 6) is -1.62. The lowest BCUT2D eigenvalue weighted by atomic mass is 10.1. The van der Waals surface area contributed by atoms with E-state index in [-0.39, 0.29) is 18.9 Å². The molecule has 0 aromatic heterocycles. The van der Waals surface area contributed by atoms with Crippen molar-refractivity contribution in [2.75, 3.05) is 13.2 Å². The first-order valence-electron chi connectivity index (χ1n) is 8.43. The number of nitrogens with one attached hydrogen (secondary N) is 1. The minimum atomic E-state index is -1.17. The van der Waals surface area contributed by atoms with Crippen molar-refractivity contribution in [3.8, 4) is 0 Å². The predicted molar refractivity (Wildman–Crippen MR) is 83.9 cm³/mol. The number of carbonyl (C=O) groups excluding carboxylic acids is 3. The molecule has 8 nitrogen and oxygen atoms in total. The molecule has 1 rings (SSSR count). The zero-order chi connectivity index (χ0) is 17.9. The van der Waals surface area contributed by atoms with E-state index in [0.717, 1.165) is 19.3 Å². The fourth-order valence-electron chi connectivity index (χ4n) is 2.32.